The van der Waals surface area contributed by atoms with Crippen LogP contribution in [0.3, 0.4) is 0 Å². The molecular formula is C31H38ClN3O6S. The van der Waals surface area contributed by atoms with Crippen molar-refractivity contribution in [3.8, 4) is 11.5 Å². The summed E-state index contributed by atoms with van der Waals surface area (Å²) in [6, 6.07) is 17.1. The number of aryl methyl sites for hydroxylation is 1. The van der Waals surface area contributed by atoms with Crippen LogP contribution in [0, 0.1) is 6.92 Å². The number of halogens is 1. The van der Waals surface area contributed by atoms with E-state index in [0.717, 1.165) is 28.3 Å². The molecule has 3 aromatic rings. The quantitative estimate of drug-likeness (QED) is 0.250. The van der Waals surface area contributed by atoms with Gasteiger partial charge < -0.3 is 19.7 Å². The van der Waals surface area contributed by atoms with Gasteiger partial charge in [-0.3, -0.25) is 13.9 Å². The van der Waals surface area contributed by atoms with Crippen LogP contribution < -0.4 is 19.1 Å². The molecule has 11 heteroatoms. The lowest BCUT2D eigenvalue weighted by Gasteiger charge is -2.32. The molecule has 0 bridgehead atoms. The van der Waals surface area contributed by atoms with Crippen LogP contribution in [0.25, 0.3) is 0 Å². The molecule has 0 aliphatic rings. The third kappa shape index (κ3) is 8.17. The molecular weight excluding hydrogens is 578 g/mol. The second-order valence-corrected chi connectivity index (χ2v) is 12.1. The molecule has 0 fully saturated rings. The smallest absolute Gasteiger partial charge is 0.264 e. The Kier molecular flexibility index (Phi) is 11.6. The molecule has 9 nitrogen and oxygen atoms in total. The number of benzene rings is 3. The van der Waals surface area contributed by atoms with Crippen LogP contribution in [-0.4, -0.2) is 58.5 Å². The molecule has 0 aliphatic carbocycles. The fraction of sp³-hybridized carbons (Fsp3) is 0.355. The lowest BCUT2D eigenvalue weighted by Crippen LogP contribution is -2.51. The van der Waals surface area contributed by atoms with E-state index in [4.69, 9.17) is 21.1 Å². The minimum atomic E-state index is -4.29. The van der Waals surface area contributed by atoms with Gasteiger partial charge in [0.2, 0.25) is 11.8 Å². The summed E-state index contributed by atoms with van der Waals surface area (Å²) in [7, 11) is -1.43. The largest absolute Gasteiger partial charge is 0.493 e. The molecule has 0 radical (unpaired) electrons. The minimum Gasteiger partial charge on any atom is -0.493 e. The summed E-state index contributed by atoms with van der Waals surface area (Å²) in [5.41, 5.74) is 2.05. The summed E-state index contributed by atoms with van der Waals surface area (Å²) in [6.45, 7) is 5.65. The normalized spacial score (nSPS) is 11.9. The van der Waals surface area contributed by atoms with E-state index in [1.165, 1.54) is 49.5 Å². The summed E-state index contributed by atoms with van der Waals surface area (Å²) in [5, 5.41) is 3.29. The van der Waals surface area contributed by atoms with Crippen LogP contribution >= 0.6 is 11.6 Å². The number of methoxy groups -OCH3 is 2. The van der Waals surface area contributed by atoms with E-state index in [1.54, 1.807) is 19.1 Å². The number of carbonyl (C=O) groups excluding carboxylic acids is 2. The summed E-state index contributed by atoms with van der Waals surface area (Å²) >= 11 is 6.09. The second kappa shape index (κ2) is 14.9. The first-order chi connectivity index (χ1) is 20.0. The predicted molar refractivity (Wildman–Crippen MR) is 165 cm³/mol. The Bertz CT molecular complexity index is 1480. The molecule has 0 saturated heterocycles. The average molecular weight is 616 g/mol. The van der Waals surface area contributed by atoms with E-state index >= 15 is 0 Å². The van der Waals surface area contributed by atoms with Crippen LogP contribution in [0.5, 0.6) is 11.5 Å². The molecule has 0 aliphatic heterocycles. The van der Waals surface area contributed by atoms with Crippen molar-refractivity contribution in [2.24, 2.45) is 0 Å². The number of amides is 2. The second-order valence-electron chi connectivity index (χ2n) is 9.84. The summed E-state index contributed by atoms with van der Waals surface area (Å²) < 4.78 is 39.7. The Morgan fingerprint density at radius 2 is 1.67 bits per heavy atom. The number of ether oxygens (including phenoxy) is 2. The number of nitrogens with zero attached hydrogens (tertiary/aromatic N) is 2. The average Bonchev–Trinajstić information content (AvgIpc) is 2.98. The summed E-state index contributed by atoms with van der Waals surface area (Å²) in [5.74, 6) is -0.281. The molecule has 2 amide bonds. The molecule has 0 aromatic heterocycles. The van der Waals surface area contributed by atoms with Crippen molar-refractivity contribution in [2.75, 3.05) is 31.6 Å². The fourth-order valence-corrected chi connectivity index (χ4v) is 5.92. The maximum atomic E-state index is 14.1. The highest BCUT2D eigenvalue weighted by Crippen LogP contribution is 2.32. The van der Waals surface area contributed by atoms with E-state index in [9.17, 15) is 18.0 Å². The molecule has 3 aromatic carbocycles. The number of rotatable bonds is 14. The maximum absolute atomic E-state index is 14.1. The zero-order valence-electron chi connectivity index (χ0n) is 24.6. The molecule has 1 atom stereocenters. The van der Waals surface area contributed by atoms with Crippen LogP contribution in [0.4, 0.5) is 5.69 Å². The van der Waals surface area contributed by atoms with Crippen LogP contribution in [-0.2, 0) is 26.2 Å². The molecule has 226 valence electrons. The van der Waals surface area contributed by atoms with Gasteiger partial charge in [-0.05, 0) is 62.2 Å². The first-order valence-electron chi connectivity index (χ1n) is 13.6. The summed E-state index contributed by atoms with van der Waals surface area (Å²) in [4.78, 5) is 28.4. The molecule has 0 saturated carbocycles. The molecule has 1 N–H and O–H groups in total. The standard InChI is InChI=1S/C31H38ClN3O6S/c1-6-7-17-33-31(37)23(3)34(20-24-10-8-9-22(2)18-24)30(36)21-35(26-13-11-25(32)12-14-26)42(38,39)27-15-16-28(40-4)29(19-27)41-5/h8-16,18-19,23H,6-7,17,20-21H2,1-5H3,(H,33,37)/t23-/m0/s1. The van der Waals surface area contributed by atoms with Gasteiger partial charge in [-0.1, -0.05) is 54.8 Å². The minimum absolute atomic E-state index is 0.0986. The Labute approximate surface area is 253 Å². The van der Waals surface area contributed by atoms with E-state index in [2.05, 4.69) is 5.32 Å². The van der Waals surface area contributed by atoms with Gasteiger partial charge in [0.25, 0.3) is 10.0 Å². The summed E-state index contributed by atoms with van der Waals surface area (Å²) in [6.07, 6.45) is 1.71. The van der Waals surface area contributed by atoms with Gasteiger partial charge in [0.1, 0.15) is 12.6 Å². The van der Waals surface area contributed by atoms with Gasteiger partial charge in [0.15, 0.2) is 11.5 Å². The molecule has 3 rings (SSSR count). The van der Waals surface area contributed by atoms with E-state index in [1.807, 2.05) is 38.1 Å². The van der Waals surface area contributed by atoms with Gasteiger partial charge >= 0.3 is 0 Å². The zero-order chi connectivity index (χ0) is 30.9. The van der Waals surface area contributed by atoms with Crippen molar-refractivity contribution >= 4 is 39.1 Å². The van der Waals surface area contributed by atoms with Gasteiger partial charge in [-0.25, -0.2) is 8.42 Å². The van der Waals surface area contributed by atoms with Crippen LogP contribution in [0.2, 0.25) is 5.02 Å². The van der Waals surface area contributed by atoms with Crippen molar-refractivity contribution in [1.82, 2.24) is 10.2 Å². The Morgan fingerprint density at radius 3 is 2.29 bits per heavy atom. The number of carbonyl (C=O) groups is 2. The number of nitrogens with one attached hydrogen (secondary N) is 1. The van der Waals surface area contributed by atoms with E-state index in [-0.39, 0.29) is 28.8 Å². The van der Waals surface area contributed by atoms with Crippen molar-refractivity contribution in [3.63, 3.8) is 0 Å². The fourth-order valence-electron chi connectivity index (χ4n) is 4.37. The highest BCUT2D eigenvalue weighted by Gasteiger charge is 2.33. The van der Waals surface area contributed by atoms with Crippen molar-refractivity contribution in [1.29, 1.82) is 0 Å². The van der Waals surface area contributed by atoms with Gasteiger partial charge in [0.05, 0.1) is 24.8 Å². The van der Waals surface area contributed by atoms with Crippen LogP contribution in [0.1, 0.15) is 37.8 Å². The first kappa shape index (κ1) is 32.8. The Morgan fingerprint density at radius 1 is 0.976 bits per heavy atom. The number of hydrogen-bond donors (Lipinski definition) is 1. The monoisotopic (exact) mass is 615 g/mol. The molecule has 0 heterocycles. The number of unbranched alkanes of at least 4 members (excludes halogenated alkanes) is 1. The SMILES string of the molecule is CCCCNC(=O)[C@H](C)N(Cc1cccc(C)c1)C(=O)CN(c1ccc(Cl)cc1)S(=O)(=O)c1ccc(OC)c(OC)c1. The Balaban J connectivity index is 2.04. The van der Waals surface area contributed by atoms with Gasteiger partial charge in [0, 0.05) is 24.2 Å². The lowest BCUT2D eigenvalue weighted by atomic mass is 10.1. The molecule has 0 unspecified atom stereocenters. The number of anilines is 1. The van der Waals surface area contributed by atoms with Crippen molar-refractivity contribution in [3.05, 3.63) is 82.9 Å². The van der Waals surface area contributed by atoms with Crippen molar-refractivity contribution in [2.45, 2.75) is 51.1 Å². The maximum Gasteiger partial charge on any atom is 0.264 e. The van der Waals surface area contributed by atoms with E-state index < -0.39 is 28.5 Å². The third-order valence-corrected chi connectivity index (χ3v) is 8.79. The first-order valence-corrected chi connectivity index (χ1v) is 15.5. The van der Waals surface area contributed by atoms with Crippen molar-refractivity contribution < 1.29 is 27.5 Å². The zero-order valence-corrected chi connectivity index (χ0v) is 26.2. The lowest BCUT2D eigenvalue weighted by molar-refractivity contribution is -0.139. The third-order valence-electron chi connectivity index (χ3n) is 6.77. The van der Waals surface area contributed by atoms with Crippen LogP contribution in [0.15, 0.2) is 71.6 Å². The number of hydrogen-bond acceptors (Lipinski definition) is 6. The van der Waals surface area contributed by atoms with Gasteiger partial charge in [-0.2, -0.15) is 0 Å². The Hall–Kier alpha value is -3.76. The number of sulfonamides is 1. The van der Waals surface area contributed by atoms with E-state index in [0.29, 0.717) is 17.3 Å². The topological polar surface area (TPSA) is 105 Å². The molecule has 0 spiro atoms. The highest BCUT2D eigenvalue weighted by atomic mass is 35.5. The predicted octanol–water partition coefficient (Wildman–Crippen LogP) is 5.19. The van der Waals surface area contributed by atoms with Gasteiger partial charge in [-0.15, -0.1) is 0 Å². The highest BCUT2D eigenvalue weighted by molar-refractivity contribution is 7.92. The molecule has 42 heavy (non-hydrogen) atoms.